The molecule has 6 nitrogen and oxygen atoms in total. The van der Waals surface area contributed by atoms with E-state index in [0.717, 1.165) is 31.0 Å². The number of nitrogens with zero attached hydrogens (tertiary/aromatic N) is 2. The molecule has 3 rings (SSSR count). The largest absolute Gasteiger partial charge is 0.325 e. The number of amides is 2. The molecular formula is C17H24N4O2. The van der Waals surface area contributed by atoms with Gasteiger partial charge in [-0.25, -0.2) is 0 Å². The molecule has 2 saturated heterocycles. The SMILES string of the molecule is CC(=O)N(C)c1ccc(NC(=O)CN2C[C@@H]3CCN[C@@H]3C2)cc1. The van der Waals surface area contributed by atoms with Crippen LogP contribution in [0.15, 0.2) is 24.3 Å². The molecule has 23 heavy (non-hydrogen) atoms. The van der Waals surface area contributed by atoms with E-state index < -0.39 is 0 Å². The van der Waals surface area contributed by atoms with Gasteiger partial charge in [-0.2, -0.15) is 0 Å². The predicted octanol–water partition coefficient (Wildman–Crippen LogP) is 0.902. The van der Waals surface area contributed by atoms with Gasteiger partial charge in [0, 0.05) is 44.5 Å². The van der Waals surface area contributed by atoms with Crippen molar-refractivity contribution in [2.75, 3.05) is 43.4 Å². The molecule has 2 amide bonds. The van der Waals surface area contributed by atoms with E-state index in [4.69, 9.17) is 0 Å². The molecule has 6 heteroatoms. The van der Waals surface area contributed by atoms with Crippen LogP contribution in [0.5, 0.6) is 0 Å². The van der Waals surface area contributed by atoms with Gasteiger partial charge in [0.2, 0.25) is 11.8 Å². The number of carbonyl (C=O) groups is 2. The van der Waals surface area contributed by atoms with Gasteiger partial charge in [0.1, 0.15) is 0 Å². The fourth-order valence-corrected chi connectivity index (χ4v) is 3.42. The summed E-state index contributed by atoms with van der Waals surface area (Å²) in [6, 6.07) is 7.88. The Bertz CT molecular complexity index is 575. The third kappa shape index (κ3) is 3.71. The van der Waals surface area contributed by atoms with Gasteiger partial charge >= 0.3 is 0 Å². The third-order valence-corrected chi connectivity index (χ3v) is 4.82. The van der Waals surface area contributed by atoms with Gasteiger partial charge in [-0.05, 0) is 43.1 Å². The second-order valence-electron chi connectivity index (χ2n) is 6.48. The summed E-state index contributed by atoms with van der Waals surface area (Å²) in [6.45, 7) is 5.03. The molecular weight excluding hydrogens is 292 g/mol. The van der Waals surface area contributed by atoms with Gasteiger partial charge in [0.15, 0.2) is 0 Å². The lowest BCUT2D eigenvalue weighted by Crippen LogP contribution is -2.35. The summed E-state index contributed by atoms with van der Waals surface area (Å²) >= 11 is 0. The topological polar surface area (TPSA) is 64.7 Å². The highest BCUT2D eigenvalue weighted by molar-refractivity contribution is 5.93. The quantitative estimate of drug-likeness (QED) is 0.866. The first kappa shape index (κ1) is 16.0. The van der Waals surface area contributed by atoms with Gasteiger partial charge in [-0.3, -0.25) is 14.5 Å². The lowest BCUT2D eigenvalue weighted by Gasteiger charge is -2.17. The zero-order chi connectivity index (χ0) is 16.4. The Balaban J connectivity index is 1.51. The van der Waals surface area contributed by atoms with Crippen molar-refractivity contribution in [1.29, 1.82) is 0 Å². The van der Waals surface area contributed by atoms with Crippen LogP contribution >= 0.6 is 0 Å². The van der Waals surface area contributed by atoms with E-state index in [0.29, 0.717) is 18.5 Å². The third-order valence-electron chi connectivity index (χ3n) is 4.82. The standard InChI is InChI=1S/C17H24N4O2/c1-12(22)20(2)15-5-3-14(4-6-15)19-17(23)11-21-9-13-7-8-18-16(13)10-21/h3-6,13,16,18H,7-11H2,1-2H3,(H,19,23)/t13-,16+/m0/s1. The molecule has 2 atom stereocenters. The number of nitrogens with one attached hydrogen (secondary N) is 2. The zero-order valence-corrected chi connectivity index (χ0v) is 13.7. The van der Waals surface area contributed by atoms with Crippen molar-refractivity contribution in [3.8, 4) is 0 Å². The second kappa shape index (κ2) is 6.68. The molecule has 1 aromatic carbocycles. The Morgan fingerprint density at radius 2 is 2.04 bits per heavy atom. The highest BCUT2D eigenvalue weighted by Crippen LogP contribution is 2.24. The maximum Gasteiger partial charge on any atom is 0.238 e. The molecule has 0 bridgehead atoms. The summed E-state index contributed by atoms with van der Waals surface area (Å²) in [6.07, 6.45) is 1.22. The zero-order valence-electron chi connectivity index (χ0n) is 13.7. The van der Waals surface area contributed by atoms with E-state index >= 15 is 0 Å². The summed E-state index contributed by atoms with van der Waals surface area (Å²) in [5.41, 5.74) is 1.57. The number of rotatable bonds is 4. The molecule has 2 fully saturated rings. The van der Waals surface area contributed by atoms with Crippen molar-refractivity contribution in [2.24, 2.45) is 5.92 Å². The highest BCUT2D eigenvalue weighted by atomic mass is 16.2. The fourth-order valence-electron chi connectivity index (χ4n) is 3.42. The normalized spacial score (nSPS) is 23.6. The molecule has 124 valence electrons. The molecule has 0 unspecified atom stereocenters. The Labute approximate surface area is 136 Å². The van der Waals surface area contributed by atoms with E-state index in [1.165, 1.54) is 13.3 Å². The lowest BCUT2D eigenvalue weighted by atomic mass is 10.1. The van der Waals surface area contributed by atoms with Crippen LogP contribution in [0.4, 0.5) is 11.4 Å². The van der Waals surface area contributed by atoms with Crippen LogP contribution < -0.4 is 15.5 Å². The number of hydrogen-bond donors (Lipinski definition) is 2. The summed E-state index contributed by atoms with van der Waals surface area (Å²) in [4.78, 5) is 27.3. The molecule has 0 radical (unpaired) electrons. The number of anilines is 2. The molecule has 1 aromatic rings. The van der Waals surface area contributed by atoms with Crippen molar-refractivity contribution in [2.45, 2.75) is 19.4 Å². The number of fused-ring (bicyclic) bond motifs is 1. The number of hydrogen-bond acceptors (Lipinski definition) is 4. The number of benzene rings is 1. The first-order valence-corrected chi connectivity index (χ1v) is 8.13. The minimum Gasteiger partial charge on any atom is -0.325 e. The molecule has 2 aliphatic heterocycles. The highest BCUT2D eigenvalue weighted by Gasteiger charge is 2.36. The summed E-state index contributed by atoms with van der Waals surface area (Å²) in [7, 11) is 1.73. The maximum absolute atomic E-state index is 12.2. The Kier molecular flexibility index (Phi) is 4.63. The van der Waals surface area contributed by atoms with Crippen LogP contribution in [0.1, 0.15) is 13.3 Å². The van der Waals surface area contributed by atoms with Crippen LogP contribution in [-0.2, 0) is 9.59 Å². The Morgan fingerprint density at radius 1 is 1.30 bits per heavy atom. The molecule has 0 saturated carbocycles. The van der Waals surface area contributed by atoms with Gasteiger partial charge in [0.05, 0.1) is 6.54 Å². The van der Waals surface area contributed by atoms with Crippen molar-refractivity contribution >= 4 is 23.2 Å². The van der Waals surface area contributed by atoms with E-state index in [1.54, 1.807) is 11.9 Å². The Hall–Kier alpha value is -1.92. The lowest BCUT2D eigenvalue weighted by molar-refractivity contribution is -0.117. The van der Waals surface area contributed by atoms with Gasteiger partial charge < -0.3 is 15.5 Å². The smallest absolute Gasteiger partial charge is 0.238 e. The minimum atomic E-state index is -0.0185. The van der Waals surface area contributed by atoms with Crippen LogP contribution in [0.2, 0.25) is 0 Å². The monoisotopic (exact) mass is 316 g/mol. The first-order chi connectivity index (χ1) is 11.0. The predicted molar refractivity (Wildman–Crippen MR) is 90.5 cm³/mol. The average molecular weight is 316 g/mol. The van der Waals surface area contributed by atoms with E-state index in [-0.39, 0.29) is 11.8 Å². The van der Waals surface area contributed by atoms with Crippen molar-refractivity contribution in [3.05, 3.63) is 24.3 Å². The number of likely N-dealkylation sites (tertiary alicyclic amines) is 1. The summed E-state index contributed by atoms with van der Waals surface area (Å²) in [5, 5.41) is 6.42. The first-order valence-electron chi connectivity index (χ1n) is 8.13. The molecule has 0 aliphatic carbocycles. The number of carbonyl (C=O) groups excluding carboxylic acids is 2. The van der Waals surface area contributed by atoms with Crippen molar-refractivity contribution in [1.82, 2.24) is 10.2 Å². The average Bonchev–Trinajstić information content (AvgIpc) is 3.08. The van der Waals surface area contributed by atoms with Crippen LogP contribution in [0, 0.1) is 5.92 Å². The van der Waals surface area contributed by atoms with Crippen LogP contribution in [-0.4, -0.2) is 56.0 Å². The summed E-state index contributed by atoms with van der Waals surface area (Å²) in [5.74, 6) is 0.692. The maximum atomic E-state index is 12.2. The van der Waals surface area contributed by atoms with Crippen LogP contribution in [0.3, 0.4) is 0 Å². The molecule has 2 aliphatic rings. The molecule has 0 spiro atoms. The van der Waals surface area contributed by atoms with Crippen molar-refractivity contribution < 1.29 is 9.59 Å². The molecule has 0 aromatic heterocycles. The van der Waals surface area contributed by atoms with Crippen LogP contribution in [0.25, 0.3) is 0 Å². The fraction of sp³-hybridized carbons (Fsp3) is 0.529. The molecule has 2 N–H and O–H groups in total. The Morgan fingerprint density at radius 3 is 2.70 bits per heavy atom. The van der Waals surface area contributed by atoms with Crippen molar-refractivity contribution in [3.63, 3.8) is 0 Å². The van der Waals surface area contributed by atoms with Gasteiger partial charge in [0.25, 0.3) is 0 Å². The minimum absolute atomic E-state index is 0.0117. The van der Waals surface area contributed by atoms with Gasteiger partial charge in [-0.1, -0.05) is 0 Å². The van der Waals surface area contributed by atoms with Gasteiger partial charge in [-0.15, -0.1) is 0 Å². The van der Waals surface area contributed by atoms with E-state index in [2.05, 4.69) is 15.5 Å². The molecule has 2 heterocycles. The second-order valence-corrected chi connectivity index (χ2v) is 6.48. The van der Waals surface area contributed by atoms with E-state index in [1.807, 2.05) is 24.3 Å². The summed E-state index contributed by atoms with van der Waals surface area (Å²) < 4.78 is 0. The van der Waals surface area contributed by atoms with E-state index in [9.17, 15) is 9.59 Å².